The molecule has 0 N–H and O–H groups in total. The van der Waals surface area contributed by atoms with Gasteiger partial charge in [-0.25, -0.2) is 21.8 Å². The van der Waals surface area contributed by atoms with Crippen molar-refractivity contribution in [2.24, 2.45) is 23.7 Å². The average molecular weight is 980 g/mol. The fourth-order valence-electron chi connectivity index (χ4n) is 7.35. The van der Waals surface area contributed by atoms with Crippen molar-refractivity contribution in [2.45, 2.75) is 258 Å². The second kappa shape index (κ2) is 51.1. The first-order valence-corrected chi connectivity index (χ1v) is 33.6. The van der Waals surface area contributed by atoms with E-state index in [1.165, 1.54) is 167 Å². The molecule has 0 spiro atoms. The molecule has 0 aliphatic carbocycles. The van der Waals surface area contributed by atoms with E-state index in [1.807, 2.05) is 0 Å². The number of rotatable bonds is 42. The summed E-state index contributed by atoms with van der Waals surface area (Å²) in [6.07, 6.45) is 38.1. The molecule has 0 saturated carbocycles. The van der Waals surface area contributed by atoms with Crippen LogP contribution in [0.2, 0.25) is 8.87 Å². The van der Waals surface area contributed by atoms with Gasteiger partial charge in [-0.05, 0) is 72.4 Å². The summed E-state index contributed by atoms with van der Waals surface area (Å²) in [6, 6.07) is 0. The summed E-state index contributed by atoms with van der Waals surface area (Å²) in [5.41, 5.74) is 0. The minimum atomic E-state index is -0.842. The van der Waals surface area contributed by atoms with Crippen LogP contribution in [0.15, 0.2) is 0 Å². The van der Waals surface area contributed by atoms with Gasteiger partial charge in [-0.2, -0.15) is 0 Å². The second-order valence-corrected chi connectivity index (χ2v) is 28.9. The molecule has 0 bridgehead atoms. The molecular formula is C52H108O4S2Sn. The Balaban J connectivity index is -0.000000803. The predicted octanol–water partition coefficient (Wildman–Crippen LogP) is 14.6. The standard InChI is InChI=1S/2C18H38O2S.2C8H17.Sn/c2*1-16(2)11-7-5-9-13-21(15-18(19)20)14-10-6-8-12-17(3)4;2*1-3-5-7-8-6-4-2;/h2*16-17,21H,5-15H2,1-4H3,(H,19,20);2*1,3-8H2,2H3;/q;;;;+2/p-2. The zero-order valence-corrected chi connectivity index (χ0v) is 46.4. The molecule has 0 fully saturated rings. The van der Waals surface area contributed by atoms with Gasteiger partial charge in [0.1, 0.15) is 0 Å². The average Bonchev–Trinajstić information content (AvgIpc) is 3.15. The van der Waals surface area contributed by atoms with Gasteiger partial charge in [-0.1, -0.05) is 132 Å². The normalized spacial score (nSPS) is 11.7. The Kier molecular flexibility index (Phi) is 55.2. The Hall–Kier alpha value is 0.439. The molecule has 0 aromatic heterocycles. The van der Waals surface area contributed by atoms with E-state index in [2.05, 4.69) is 69.2 Å². The van der Waals surface area contributed by atoms with Crippen molar-refractivity contribution >= 4 is 54.9 Å². The third-order valence-corrected chi connectivity index (χ3v) is 20.4. The van der Waals surface area contributed by atoms with Gasteiger partial charge < -0.3 is 19.8 Å². The molecule has 0 aromatic rings. The van der Waals surface area contributed by atoms with Gasteiger partial charge in [-0.3, -0.25) is 0 Å². The number of aliphatic carboxylic acids is 2. The SMILES string of the molecule is CC(C)CCCCC[SH](CCCCCC(C)C)CC(=O)[O-].CC(C)CCCCC[SH](CCCCCC(C)C)CC(=O)[O-].CCCCCCC[CH2][Sn+2][CH2]CCCCCCC. The Morgan fingerprint density at radius 3 is 0.847 bits per heavy atom. The quantitative estimate of drug-likeness (QED) is 0.0363. The van der Waals surface area contributed by atoms with Gasteiger partial charge in [0.15, 0.2) is 0 Å². The van der Waals surface area contributed by atoms with Crippen molar-refractivity contribution in [3.63, 3.8) is 0 Å². The van der Waals surface area contributed by atoms with Crippen LogP contribution < -0.4 is 10.2 Å². The molecule has 0 saturated heterocycles. The molecule has 0 amide bonds. The number of thiol groups is 2. The van der Waals surface area contributed by atoms with Crippen LogP contribution >= 0.6 is 21.8 Å². The fraction of sp³-hybridized carbons (Fsp3) is 0.962. The summed E-state index contributed by atoms with van der Waals surface area (Å²) in [6.45, 7) is 22.7. The predicted molar refractivity (Wildman–Crippen MR) is 273 cm³/mol. The number of carboxylic acids is 2. The van der Waals surface area contributed by atoms with E-state index < -0.39 is 11.9 Å². The number of hydrogen-bond donors (Lipinski definition) is 2. The van der Waals surface area contributed by atoms with Crippen LogP contribution in [0, 0.1) is 23.7 Å². The molecule has 0 aliphatic rings. The number of carbonyl (C=O) groups is 2. The van der Waals surface area contributed by atoms with Gasteiger partial charge in [0.05, 0.1) is 0 Å². The van der Waals surface area contributed by atoms with E-state index in [1.54, 1.807) is 21.7 Å². The summed E-state index contributed by atoms with van der Waals surface area (Å²) in [5, 5.41) is 21.7. The first kappa shape index (κ1) is 63.7. The summed E-state index contributed by atoms with van der Waals surface area (Å²) in [7, 11) is -0.652. The van der Waals surface area contributed by atoms with E-state index in [9.17, 15) is 19.8 Å². The summed E-state index contributed by atoms with van der Waals surface area (Å²) >= 11 is 0.0736. The fourth-order valence-corrected chi connectivity index (χ4v) is 15.4. The molecule has 356 valence electrons. The van der Waals surface area contributed by atoms with Gasteiger partial charge in [0.2, 0.25) is 0 Å². The van der Waals surface area contributed by atoms with Crippen LogP contribution in [0.4, 0.5) is 0 Å². The Bertz CT molecular complexity index is 736. The minimum absolute atomic E-state index is 0.0736. The Morgan fingerprint density at radius 2 is 0.610 bits per heavy atom. The van der Waals surface area contributed by atoms with Gasteiger partial charge in [0, 0.05) is 23.4 Å². The van der Waals surface area contributed by atoms with Crippen molar-refractivity contribution in [1.82, 2.24) is 0 Å². The van der Waals surface area contributed by atoms with Crippen LogP contribution in [0.5, 0.6) is 0 Å². The van der Waals surface area contributed by atoms with Crippen molar-refractivity contribution in [3.05, 3.63) is 0 Å². The van der Waals surface area contributed by atoms with Crippen molar-refractivity contribution in [1.29, 1.82) is 0 Å². The first-order chi connectivity index (χ1) is 28.2. The van der Waals surface area contributed by atoms with Crippen LogP contribution in [0.25, 0.3) is 0 Å². The maximum atomic E-state index is 10.9. The van der Waals surface area contributed by atoms with Crippen LogP contribution in [-0.2, 0) is 9.59 Å². The molecule has 0 aliphatic heterocycles. The topological polar surface area (TPSA) is 80.3 Å². The maximum absolute atomic E-state index is 10.9. The zero-order chi connectivity index (χ0) is 44.8. The molecule has 0 atom stereocenters. The number of carbonyl (C=O) groups excluding carboxylic acids is 2. The third kappa shape index (κ3) is 62.8. The summed E-state index contributed by atoms with van der Waals surface area (Å²) in [4.78, 5) is 21.7. The van der Waals surface area contributed by atoms with Crippen molar-refractivity contribution < 1.29 is 19.8 Å². The number of carboxylic acid groups (broad SMARTS) is 2. The second-order valence-electron chi connectivity index (χ2n) is 19.6. The first-order valence-electron chi connectivity index (χ1n) is 25.8. The number of hydrogen-bond acceptors (Lipinski definition) is 4. The molecule has 0 radical (unpaired) electrons. The van der Waals surface area contributed by atoms with Crippen molar-refractivity contribution in [2.75, 3.05) is 34.5 Å². The molecule has 4 nitrogen and oxygen atoms in total. The van der Waals surface area contributed by atoms with E-state index in [0.717, 1.165) is 46.7 Å². The van der Waals surface area contributed by atoms with Crippen LogP contribution in [-0.4, -0.2) is 67.6 Å². The summed E-state index contributed by atoms with van der Waals surface area (Å²) < 4.78 is 3.31. The van der Waals surface area contributed by atoms with Crippen LogP contribution in [0.1, 0.15) is 249 Å². The molecule has 0 heterocycles. The van der Waals surface area contributed by atoms with Gasteiger partial charge in [-0.15, -0.1) is 0 Å². The van der Waals surface area contributed by atoms with E-state index in [0.29, 0.717) is 11.5 Å². The van der Waals surface area contributed by atoms with Crippen molar-refractivity contribution in [3.8, 4) is 0 Å². The van der Waals surface area contributed by atoms with Gasteiger partial charge >= 0.3 is 121 Å². The van der Waals surface area contributed by atoms with E-state index in [4.69, 9.17) is 0 Å². The monoisotopic (exact) mass is 981 g/mol. The summed E-state index contributed by atoms with van der Waals surface area (Å²) in [5.74, 6) is 6.63. The number of unbranched alkanes of at least 4 members (excludes halogenated alkanes) is 18. The third-order valence-electron chi connectivity index (χ3n) is 11.1. The molecule has 0 rings (SSSR count). The molecule has 59 heavy (non-hydrogen) atoms. The molecule has 0 unspecified atom stereocenters. The molecule has 0 aromatic carbocycles. The van der Waals surface area contributed by atoms with E-state index >= 15 is 0 Å². The van der Waals surface area contributed by atoms with E-state index in [-0.39, 0.29) is 42.9 Å². The Morgan fingerprint density at radius 1 is 0.373 bits per heavy atom. The van der Waals surface area contributed by atoms with Crippen LogP contribution in [0.3, 0.4) is 0 Å². The van der Waals surface area contributed by atoms with Gasteiger partial charge in [0.25, 0.3) is 0 Å². The zero-order valence-electron chi connectivity index (χ0n) is 41.8. The Labute approximate surface area is 388 Å². The molecular weight excluding hydrogens is 871 g/mol. The molecule has 7 heteroatoms.